The molecule has 8 heteroatoms. The number of benzene rings is 1. The molecule has 1 aromatic heterocycles. The Kier molecular flexibility index (Phi) is 9.99. The highest BCUT2D eigenvalue weighted by atomic mass is 127. The second-order valence-corrected chi connectivity index (χ2v) is 6.98. The molecule has 0 saturated carbocycles. The fourth-order valence-electron chi connectivity index (χ4n) is 3.43. The molecule has 0 spiro atoms. The van der Waals surface area contributed by atoms with Gasteiger partial charge in [-0.3, -0.25) is 9.98 Å². The Morgan fingerprint density at radius 1 is 1.20 bits per heavy atom. The molecule has 1 aliphatic rings. The predicted molar refractivity (Wildman–Crippen MR) is 133 cm³/mol. The van der Waals surface area contributed by atoms with Crippen LogP contribution in [0.1, 0.15) is 19.0 Å². The van der Waals surface area contributed by atoms with Gasteiger partial charge in [0.15, 0.2) is 5.96 Å². The van der Waals surface area contributed by atoms with Gasteiger partial charge in [0.25, 0.3) is 0 Å². The number of nitrogens with zero attached hydrogens (tertiary/aromatic N) is 3. The van der Waals surface area contributed by atoms with E-state index in [9.17, 15) is 0 Å². The molecule has 1 atom stereocenters. The van der Waals surface area contributed by atoms with Gasteiger partial charge in [0.2, 0.25) is 0 Å². The highest BCUT2D eigenvalue weighted by Crippen LogP contribution is 2.30. The van der Waals surface area contributed by atoms with Crippen molar-refractivity contribution in [3.63, 3.8) is 0 Å². The molecule has 1 aliphatic heterocycles. The van der Waals surface area contributed by atoms with Crippen LogP contribution in [0.3, 0.4) is 0 Å². The van der Waals surface area contributed by atoms with Crippen molar-refractivity contribution in [2.24, 2.45) is 4.99 Å². The number of hydrogen-bond donors (Lipinski definition) is 2. The minimum atomic E-state index is 0. The molecule has 7 nitrogen and oxygen atoms in total. The summed E-state index contributed by atoms with van der Waals surface area (Å²) < 4.78 is 10.8. The summed E-state index contributed by atoms with van der Waals surface area (Å²) in [7, 11) is 3.36. The van der Waals surface area contributed by atoms with Gasteiger partial charge in [0, 0.05) is 74.4 Å². The van der Waals surface area contributed by atoms with E-state index >= 15 is 0 Å². The molecular formula is C22H32IN5O2. The molecule has 0 aliphatic carbocycles. The largest absolute Gasteiger partial charge is 0.497 e. The highest BCUT2D eigenvalue weighted by molar-refractivity contribution is 14.0. The van der Waals surface area contributed by atoms with Crippen LogP contribution in [-0.2, 0) is 6.42 Å². The van der Waals surface area contributed by atoms with Crippen molar-refractivity contribution in [1.29, 1.82) is 0 Å². The molecule has 1 fully saturated rings. The number of guanidine groups is 1. The van der Waals surface area contributed by atoms with Crippen LogP contribution in [0.4, 0.5) is 5.69 Å². The number of rotatable bonds is 8. The predicted octanol–water partition coefficient (Wildman–Crippen LogP) is 3.09. The summed E-state index contributed by atoms with van der Waals surface area (Å²) in [4.78, 5) is 11.4. The van der Waals surface area contributed by atoms with Crippen molar-refractivity contribution < 1.29 is 9.47 Å². The van der Waals surface area contributed by atoms with E-state index in [2.05, 4.69) is 39.6 Å². The Balaban J connectivity index is 0.00000320. The minimum absolute atomic E-state index is 0. The van der Waals surface area contributed by atoms with Gasteiger partial charge in [-0.1, -0.05) is 6.07 Å². The van der Waals surface area contributed by atoms with Gasteiger partial charge in [-0.2, -0.15) is 0 Å². The zero-order valence-electron chi connectivity index (χ0n) is 17.9. The summed E-state index contributed by atoms with van der Waals surface area (Å²) in [6, 6.07) is 12.3. The summed E-state index contributed by atoms with van der Waals surface area (Å²) in [5.74, 6) is 2.47. The number of methoxy groups -OCH3 is 2. The lowest BCUT2D eigenvalue weighted by Gasteiger charge is -2.21. The quantitative estimate of drug-likeness (QED) is 0.314. The molecule has 0 amide bonds. The van der Waals surface area contributed by atoms with E-state index in [4.69, 9.17) is 14.5 Å². The van der Waals surface area contributed by atoms with Crippen molar-refractivity contribution in [3.05, 3.63) is 48.3 Å². The fraction of sp³-hybridized carbons (Fsp3) is 0.455. The summed E-state index contributed by atoms with van der Waals surface area (Å²) >= 11 is 0. The van der Waals surface area contributed by atoms with Crippen molar-refractivity contribution in [1.82, 2.24) is 15.6 Å². The van der Waals surface area contributed by atoms with E-state index in [0.29, 0.717) is 12.6 Å². The van der Waals surface area contributed by atoms with Crippen molar-refractivity contribution in [3.8, 4) is 11.5 Å². The van der Waals surface area contributed by atoms with Gasteiger partial charge in [-0.05, 0) is 25.5 Å². The average Bonchev–Trinajstić information content (AvgIpc) is 3.23. The van der Waals surface area contributed by atoms with Crippen LogP contribution in [0, 0.1) is 0 Å². The molecule has 1 saturated heterocycles. The van der Waals surface area contributed by atoms with E-state index in [1.807, 2.05) is 30.5 Å². The van der Waals surface area contributed by atoms with Gasteiger partial charge in [0.05, 0.1) is 14.2 Å². The van der Waals surface area contributed by atoms with Gasteiger partial charge >= 0.3 is 0 Å². The number of ether oxygens (including phenoxy) is 2. The smallest absolute Gasteiger partial charge is 0.191 e. The normalized spacial score (nSPS) is 16.0. The average molecular weight is 525 g/mol. The molecule has 3 rings (SSSR count). The first-order valence-electron chi connectivity index (χ1n) is 10.1. The molecule has 0 radical (unpaired) electrons. The number of aliphatic imine (C=N–C) groups is 1. The van der Waals surface area contributed by atoms with Crippen molar-refractivity contribution in [2.45, 2.75) is 25.8 Å². The zero-order chi connectivity index (χ0) is 20.5. The van der Waals surface area contributed by atoms with E-state index in [0.717, 1.165) is 61.3 Å². The number of halogens is 1. The number of pyridine rings is 1. The van der Waals surface area contributed by atoms with Crippen LogP contribution in [0.2, 0.25) is 0 Å². The Labute approximate surface area is 196 Å². The SMILES string of the molecule is CCNC(=NCCc1ccccn1)NC1CCN(c2cc(OC)cc(OC)c2)C1.I. The fourth-order valence-corrected chi connectivity index (χ4v) is 3.43. The summed E-state index contributed by atoms with van der Waals surface area (Å²) in [6.45, 7) is 5.50. The Morgan fingerprint density at radius 2 is 1.97 bits per heavy atom. The summed E-state index contributed by atoms with van der Waals surface area (Å²) in [5, 5.41) is 6.92. The van der Waals surface area contributed by atoms with Gasteiger partial charge in [-0.25, -0.2) is 0 Å². The van der Waals surface area contributed by atoms with Crippen LogP contribution in [0.15, 0.2) is 47.6 Å². The lowest BCUT2D eigenvalue weighted by atomic mass is 10.2. The van der Waals surface area contributed by atoms with E-state index in [1.54, 1.807) is 14.2 Å². The maximum Gasteiger partial charge on any atom is 0.191 e. The summed E-state index contributed by atoms with van der Waals surface area (Å²) in [6.07, 6.45) is 3.70. The van der Waals surface area contributed by atoms with Crippen LogP contribution in [-0.4, -0.2) is 57.4 Å². The first-order valence-corrected chi connectivity index (χ1v) is 10.1. The number of nitrogens with one attached hydrogen (secondary N) is 2. The number of aromatic nitrogens is 1. The molecule has 1 unspecified atom stereocenters. The van der Waals surface area contributed by atoms with E-state index < -0.39 is 0 Å². The molecule has 1 aromatic carbocycles. The van der Waals surface area contributed by atoms with E-state index in [-0.39, 0.29) is 24.0 Å². The maximum absolute atomic E-state index is 5.40. The first kappa shape index (κ1) is 24.0. The van der Waals surface area contributed by atoms with Gasteiger partial charge < -0.3 is 25.0 Å². The minimum Gasteiger partial charge on any atom is -0.497 e. The third-order valence-corrected chi connectivity index (χ3v) is 4.94. The molecule has 30 heavy (non-hydrogen) atoms. The lowest BCUT2D eigenvalue weighted by Crippen LogP contribution is -2.44. The molecule has 2 N–H and O–H groups in total. The van der Waals surface area contributed by atoms with Crippen LogP contribution in [0.25, 0.3) is 0 Å². The zero-order valence-corrected chi connectivity index (χ0v) is 20.3. The van der Waals surface area contributed by atoms with Crippen LogP contribution < -0.4 is 25.0 Å². The van der Waals surface area contributed by atoms with E-state index in [1.165, 1.54) is 0 Å². The lowest BCUT2D eigenvalue weighted by molar-refractivity contribution is 0.394. The molecule has 2 aromatic rings. The Morgan fingerprint density at radius 3 is 2.60 bits per heavy atom. The summed E-state index contributed by atoms with van der Waals surface area (Å²) in [5.41, 5.74) is 2.17. The topological polar surface area (TPSA) is 71.0 Å². The molecule has 0 bridgehead atoms. The maximum atomic E-state index is 5.40. The molecule has 164 valence electrons. The highest BCUT2D eigenvalue weighted by Gasteiger charge is 2.24. The van der Waals surface area contributed by atoms with Crippen molar-refractivity contribution in [2.75, 3.05) is 45.3 Å². The van der Waals surface area contributed by atoms with Gasteiger partial charge in [-0.15, -0.1) is 24.0 Å². The second-order valence-electron chi connectivity index (χ2n) is 6.98. The number of hydrogen-bond acceptors (Lipinski definition) is 5. The van der Waals surface area contributed by atoms with Crippen LogP contribution in [0.5, 0.6) is 11.5 Å². The Bertz CT molecular complexity index is 781. The third-order valence-electron chi connectivity index (χ3n) is 4.94. The number of anilines is 1. The Hall–Kier alpha value is -2.23. The third kappa shape index (κ3) is 6.93. The standard InChI is InChI=1S/C22H31N5O2.HI/c1-4-23-22(25-11-8-17-7-5-6-10-24-17)26-18-9-12-27(16-18)19-13-20(28-2)15-21(14-19)29-3;/h5-7,10,13-15,18H,4,8-9,11-12,16H2,1-3H3,(H2,23,25,26);1H. The first-order chi connectivity index (χ1) is 14.2. The second kappa shape index (κ2) is 12.5. The monoisotopic (exact) mass is 525 g/mol. The molecule has 2 heterocycles. The van der Waals surface area contributed by atoms with Crippen molar-refractivity contribution >= 4 is 35.6 Å². The van der Waals surface area contributed by atoms with Gasteiger partial charge in [0.1, 0.15) is 11.5 Å². The van der Waals surface area contributed by atoms with Crippen LogP contribution >= 0.6 is 24.0 Å². The molecular weight excluding hydrogens is 493 g/mol.